The van der Waals surface area contributed by atoms with Crippen LogP contribution in [0.15, 0.2) is 57.7 Å². The molecule has 3 rings (SSSR count). The van der Waals surface area contributed by atoms with Gasteiger partial charge in [-0.25, -0.2) is 4.79 Å². The van der Waals surface area contributed by atoms with Crippen molar-refractivity contribution < 1.29 is 18.7 Å². The molecule has 7 nitrogen and oxygen atoms in total. The van der Waals surface area contributed by atoms with Crippen molar-refractivity contribution in [2.75, 3.05) is 11.9 Å². The first-order chi connectivity index (χ1) is 12.6. The fourth-order valence-electron chi connectivity index (χ4n) is 2.62. The molecule has 0 aliphatic heterocycles. The largest absolute Gasteiger partial charge is 0.454 e. The smallest absolute Gasteiger partial charge is 0.420 e. The summed E-state index contributed by atoms with van der Waals surface area (Å²) in [6, 6.07) is 14.2. The van der Waals surface area contributed by atoms with Crippen molar-refractivity contribution in [3.63, 3.8) is 0 Å². The molecule has 1 N–H and O–H groups in total. The second-order valence-electron chi connectivity index (χ2n) is 5.64. The molecular formula is C19H18N2O5. The lowest BCUT2D eigenvalue weighted by molar-refractivity contribution is -0.147. The standard InChI is InChI=1S/C19H18N2O5/c1-2-13-7-3-4-8-14(13)20-17(22)12-25-18(23)11-21-15-9-5-6-10-16(15)26-19(21)24/h3-10H,2,11-12H2,1H3,(H,20,22). The average Bonchev–Trinajstić information content (AvgIpc) is 2.96. The number of oxazole rings is 1. The molecular weight excluding hydrogens is 336 g/mol. The fraction of sp³-hybridized carbons (Fsp3) is 0.211. The molecule has 0 saturated heterocycles. The highest BCUT2D eigenvalue weighted by molar-refractivity contribution is 5.93. The summed E-state index contributed by atoms with van der Waals surface area (Å²) in [5, 5.41) is 2.71. The maximum absolute atomic E-state index is 12.0. The van der Waals surface area contributed by atoms with Gasteiger partial charge in [0.25, 0.3) is 5.91 Å². The van der Waals surface area contributed by atoms with Crippen molar-refractivity contribution in [1.29, 1.82) is 0 Å². The minimum atomic E-state index is -0.697. The fourth-order valence-corrected chi connectivity index (χ4v) is 2.62. The quantitative estimate of drug-likeness (QED) is 0.686. The van der Waals surface area contributed by atoms with E-state index < -0.39 is 24.2 Å². The molecule has 2 aromatic carbocycles. The van der Waals surface area contributed by atoms with Crippen molar-refractivity contribution in [2.45, 2.75) is 19.9 Å². The number of fused-ring (bicyclic) bond motifs is 1. The van der Waals surface area contributed by atoms with Crippen LogP contribution >= 0.6 is 0 Å². The van der Waals surface area contributed by atoms with Crippen LogP contribution < -0.4 is 11.1 Å². The first-order valence-corrected chi connectivity index (χ1v) is 8.20. The highest BCUT2D eigenvalue weighted by Gasteiger charge is 2.14. The number of nitrogens with zero attached hydrogens (tertiary/aromatic N) is 1. The lowest BCUT2D eigenvalue weighted by atomic mass is 10.1. The number of hydrogen-bond donors (Lipinski definition) is 1. The Kier molecular flexibility index (Phi) is 5.17. The number of amides is 1. The average molecular weight is 354 g/mol. The Bertz CT molecular complexity index is 1000. The predicted octanol–water partition coefficient (Wildman–Crippen LogP) is 2.34. The number of carbonyl (C=O) groups is 2. The van der Waals surface area contributed by atoms with E-state index in [1.807, 2.05) is 25.1 Å². The summed E-state index contributed by atoms with van der Waals surface area (Å²) in [5.74, 6) is -1.79. The van der Waals surface area contributed by atoms with Gasteiger partial charge < -0.3 is 14.5 Å². The molecule has 1 amide bonds. The van der Waals surface area contributed by atoms with Gasteiger partial charge in [-0.05, 0) is 30.2 Å². The molecule has 0 fully saturated rings. The molecule has 0 aliphatic rings. The molecule has 7 heteroatoms. The Morgan fingerprint density at radius 3 is 2.65 bits per heavy atom. The molecule has 0 unspecified atom stereocenters. The second kappa shape index (κ2) is 7.69. The maximum atomic E-state index is 12.0. The third-order valence-corrected chi connectivity index (χ3v) is 3.90. The monoisotopic (exact) mass is 354 g/mol. The number of para-hydroxylation sites is 3. The van der Waals surface area contributed by atoms with Gasteiger partial charge in [-0.2, -0.15) is 0 Å². The van der Waals surface area contributed by atoms with Gasteiger partial charge in [0, 0.05) is 5.69 Å². The van der Waals surface area contributed by atoms with Crippen LogP contribution in [0.3, 0.4) is 0 Å². The zero-order valence-electron chi connectivity index (χ0n) is 14.2. The Hall–Kier alpha value is -3.35. The summed E-state index contributed by atoms with van der Waals surface area (Å²) in [5.41, 5.74) is 2.56. The number of carbonyl (C=O) groups excluding carboxylic acids is 2. The van der Waals surface area contributed by atoms with E-state index >= 15 is 0 Å². The third kappa shape index (κ3) is 3.83. The van der Waals surface area contributed by atoms with Crippen LogP contribution in [0.1, 0.15) is 12.5 Å². The van der Waals surface area contributed by atoms with Gasteiger partial charge in [0.15, 0.2) is 12.2 Å². The van der Waals surface area contributed by atoms with Gasteiger partial charge in [0.1, 0.15) is 6.54 Å². The topological polar surface area (TPSA) is 90.5 Å². The number of aromatic nitrogens is 1. The summed E-state index contributed by atoms with van der Waals surface area (Å²) in [4.78, 5) is 35.8. The van der Waals surface area contributed by atoms with Crippen LogP contribution in [0, 0.1) is 0 Å². The van der Waals surface area contributed by atoms with Crippen molar-refractivity contribution in [3.05, 3.63) is 64.6 Å². The van der Waals surface area contributed by atoms with E-state index in [0.29, 0.717) is 16.8 Å². The van der Waals surface area contributed by atoms with E-state index in [0.717, 1.165) is 12.0 Å². The third-order valence-electron chi connectivity index (χ3n) is 3.90. The molecule has 0 atom stereocenters. The Morgan fingerprint density at radius 1 is 1.12 bits per heavy atom. The number of aryl methyl sites for hydroxylation is 1. The normalized spacial score (nSPS) is 10.7. The summed E-state index contributed by atoms with van der Waals surface area (Å²) in [6.45, 7) is 1.23. The number of ether oxygens (including phenoxy) is 1. The molecule has 0 bridgehead atoms. The number of rotatable bonds is 6. The minimum absolute atomic E-state index is 0.325. The Morgan fingerprint density at radius 2 is 1.85 bits per heavy atom. The zero-order chi connectivity index (χ0) is 18.5. The van der Waals surface area contributed by atoms with Crippen LogP contribution in [0.2, 0.25) is 0 Å². The first-order valence-electron chi connectivity index (χ1n) is 8.20. The molecule has 26 heavy (non-hydrogen) atoms. The van der Waals surface area contributed by atoms with Gasteiger partial charge >= 0.3 is 11.7 Å². The van der Waals surface area contributed by atoms with Crippen LogP contribution in [0.4, 0.5) is 5.69 Å². The van der Waals surface area contributed by atoms with Crippen molar-refractivity contribution >= 4 is 28.7 Å². The summed E-state index contributed by atoms with van der Waals surface area (Å²) in [7, 11) is 0. The van der Waals surface area contributed by atoms with Crippen LogP contribution in [0.5, 0.6) is 0 Å². The van der Waals surface area contributed by atoms with E-state index in [1.165, 1.54) is 4.57 Å². The lowest BCUT2D eigenvalue weighted by Gasteiger charge is -2.10. The van der Waals surface area contributed by atoms with Crippen molar-refractivity contribution in [1.82, 2.24) is 4.57 Å². The molecule has 134 valence electrons. The zero-order valence-corrected chi connectivity index (χ0v) is 14.2. The molecule has 3 aromatic rings. The van der Waals surface area contributed by atoms with Crippen molar-refractivity contribution in [3.8, 4) is 0 Å². The number of nitrogens with one attached hydrogen (secondary N) is 1. The molecule has 1 aromatic heterocycles. The number of benzene rings is 2. The number of anilines is 1. The minimum Gasteiger partial charge on any atom is -0.454 e. The number of hydrogen-bond acceptors (Lipinski definition) is 5. The van der Waals surface area contributed by atoms with Crippen LogP contribution in [0.25, 0.3) is 11.1 Å². The molecule has 1 heterocycles. The van der Waals surface area contributed by atoms with Crippen molar-refractivity contribution in [2.24, 2.45) is 0 Å². The maximum Gasteiger partial charge on any atom is 0.420 e. The van der Waals surface area contributed by atoms with E-state index in [-0.39, 0.29) is 6.54 Å². The van der Waals surface area contributed by atoms with Crippen LogP contribution in [-0.2, 0) is 27.3 Å². The number of esters is 1. The Labute approximate surface area is 149 Å². The molecule has 0 aliphatic carbocycles. The summed E-state index contributed by atoms with van der Waals surface area (Å²) in [6.07, 6.45) is 0.771. The van der Waals surface area contributed by atoms with Gasteiger partial charge in [0.2, 0.25) is 0 Å². The molecule has 0 saturated carbocycles. The second-order valence-corrected chi connectivity index (χ2v) is 5.64. The SMILES string of the molecule is CCc1ccccc1NC(=O)COC(=O)Cn1c(=O)oc2ccccc21. The van der Waals surface area contributed by atoms with Gasteiger partial charge in [-0.3, -0.25) is 14.2 Å². The van der Waals surface area contributed by atoms with E-state index in [1.54, 1.807) is 30.3 Å². The van der Waals surface area contributed by atoms with Gasteiger partial charge in [0.05, 0.1) is 5.52 Å². The summed E-state index contributed by atoms with van der Waals surface area (Å²) >= 11 is 0. The molecule has 0 radical (unpaired) electrons. The predicted molar refractivity (Wildman–Crippen MR) is 95.9 cm³/mol. The van der Waals surface area contributed by atoms with Gasteiger partial charge in [-0.15, -0.1) is 0 Å². The highest BCUT2D eigenvalue weighted by Crippen LogP contribution is 2.15. The van der Waals surface area contributed by atoms with E-state index in [4.69, 9.17) is 9.15 Å². The molecule has 0 spiro atoms. The first kappa shape index (κ1) is 17.5. The lowest BCUT2D eigenvalue weighted by Crippen LogP contribution is -2.26. The Balaban J connectivity index is 1.59. The van der Waals surface area contributed by atoms with Gasteiger partial charge in [-0.1, -0.05) is 37.3 Å². The van der Waals surface area contributed by atoms with E-state index in [9.17, 15) is 14.4 Å². The summed E-state index contributed by atoms with van der Waals surface area (Å²) < 4.78 is 11.2. The van der Waals surface area contributed by atoms with E-state index in [2.05, 4.69) is 5.32 Å². The highest BCUT2D eigenvalue weighted by atomic mass is 16.5. The van der Waals surface area contributed by atoms with Crippen LogP contribution in [-0.4, -0.2) is 23.1 Å².